The molecular weight excluding hydrogens is 319 g/mol. The fourth-order valence-corrected chi connectivity index (χ4v) is 2.50. The molecule has 0 unspecified atom stereocenters. The van der Waals surface area contributed by atoms with Crippen LogP contribution >= 0.6 is 0 Å². The molecule has 5 nitrogen and oxygen atoms in total. The van der Waals surface area contributed by atoms with E-state index in [9.17, 15) is 13.2 Å². The van der Waals surface area contributed by atoms with Gasteiger partial charge in [-0.2, -0.15) is 18.3 Å². The van der Waals surface area contributed by atoms with E-state index in [-0.39, 0.29) is 11.9 Å². The summed E-state index contributed by atoms with van der Waals surface area (Å²) >= 11 is 0. The van der Waals surface area contributed by atoms with E-state index in [1.165, 1.54) is 0 Å². The van der Waals surface area contributed by atoms with Crippen molar-refractivity contribution in [1.29, 1.82) is 0 Å². The van der Waals surface area contributed by atoms with Crippen molar-refractivity contribution >= 4 is 0 Å². The van der Waals surface area contributed by atoms with Crippen LogP contribution < -0.4 is 5.32 Å². The molecule has 24 heavy (non-hydrogen) atoms. The van der Waals surface area contributed by atoms with E-state index in [0.29, 0.717) is 25.2 Å². The molecular formula is C16H22F3N5. The fraction of sp³-hybridized carbons (Fsp3) is 0.562. The minimum atomic E-state index is -4.45. The maximum absolute atomic E-state index is 12.8. The molecule has 0 aliphatic carbocycles. The quantitative estimate of drug-likeness (QED) is 0.878. The van der Waals surface area contributed by atoms with E-state index >= 15 is 0 Å². The summed E-state index contributed by atoms with van der Waals surface area (Å²) in [6.07, 6.45) is -4.11. The molecule has 8 heteroatoms. The Morgan fingerprint density at radius 2 is 1.83 bits per heavy atom. The van der Waals surface area contributed by atoms with Crippen molar-refractivity contribution in [2.75, 3.05) is 6.54 Å². The van der Waals surface area contributed by atoms with Gasteiger partial charge in [-0.05, 0) is 39.8 Å². The summed E-state index contributed by atoms with van der Waals surface area (Å²) in [7, 11) is 0. The Balaban J connectivity index is 1.90. The molecule has 2 aromatic heterocycles. The van der Waals surface area contributed by atoms with Crippen molar-refractivity contribution in [2.24, 2.45) is 0 Å². The first kappa shape index (κ1) is 18.4. The van der Waals surface area contributed by atoms with Gasteiger partial charge in [0.05, 0.1) is 12.2 Å². The van der Waals surface area contributed by atoms with Crippen molar-refractivity contribution in [3.05, 3.63) is 40.7 Å². The van der Waals surface area contributed by atoms with Gasteiger partial charge in [0.15, 0.2) is 0 Å². The van der Waals surface area contributed by atoms with E-state index in [2.05, 4.69) is 20.4 Å². The lowest BCUT2D eigenvalue weighted by atomic mass is 10.2. The molecule has 0 fully saturated rings. The minimum Gasteiger partial charge on any atom is -0.312 e. The summed E-state index contributed by atoms with van der Waals surface area (Å²) in [6.45, 7) is 8.68. The summed E-state index contributed by atoms with van der Waals surface area (Å²) in [5, 5.41) is 7.67. The maximum atomic E-state index is 12.8. The predicted molar refractivity (Wildman–Crippen MR) is 84.6 cm³/mol. The molecule has 0 saturated carbocycles. The third-order valence-corrected chi connectivity index (χ3v) is 3.58. The second kappa shape index (κ2) is 7.29. The van der Waals surface area contributed by atoms with Crippen molar-refractivity contribution in [3.8, 4) is 0 Å². The van der Waals surface area contributed by atoms with E-state index in [4.69, 9.17) is 0 Å². The Kier molecular flexibility index (Phi) is 5.58. The molecule has 0 saturated heterocycles. The van der Waals surface area contributed by atoms with Crippen LogP contribution in [0.5, 0.6) is 0 Å². The Morgan fingerprint density at radius 3 is 2.42 bits per heavy atom. The van der Waals surface area contributed by atoms with Gasteiger partial charge in [-0.1, -0.05) is 0 Å². The largest absolute Gasteiger partial charge is 0.433 e. The summed E-state index contributed by atoms with van der Waals surface area (Å²) in [5.41, 5.74) is 1.48. The van der Waals surface area contributed by atoms with Crippen LogP contribution in [0.2, 0.25) is 0 Å². The molecule has 0 bridgehead atoms. The molecule has 0 aliphatic rings. The van der Waals surface area contributed by atoms with Gasteiger partial charge in [0.2, 0.25) is 0 Å². The van der Waals surface area contributed by atoms with E-state index in [1.807, 2.05) is 31.5 Å². The number of aryl methyl sites for hydroxylation is 3. The molecule has 132 valence electrons. The SMILES string of the molecule is Cc1cc(C(F)(F)F)nc(CCN[C@H](C)Cn2nc(C)cc2C)n1. The molecule has 0 amide bonds. The van der Waals surface area contributed by atoms with Crippen molar-refractivity contribution in [3.63, 3.8) is 0 Å². The van der Waals surface area contributed by atoms with E-state index in [0.717, 1.165) is 17.5 Å². The standard InChI is InChI=1S/C16H22F3N5/c1-10-8-14(16(17,18)19)22-15(21-10)5-6-20-12(3)9-24-13(4)7-11(2)23-24/h7-8,12,20H,5-6,9H2,1-4H3/t12-/m1/s1. The zero-order valence-electron chi connectivity index (χ0n) is 14.3. The first-order valence-corrected chi connectivity index (χ1v) is 7.81. The van der Waals surface area contributed by atoms with Gasteiger partial charge in [-0.25, -0.2) is 9.97 Å². The molecule has 0 aromatic carbocycles. The summed E-state index contributed by atoms with van der Waals surface area (Å²) in [6, 6.07) is 3.10. The first-order chi connectivity index (χ1) is 11.1. The lowest BCUT2D eigenvalue weighted by molar-refractivity contribution is -0.141. The molecule has 0 radical (unpaired) electrons. The van der Waals surface area contributed by atoms with Crippen LogP contribution in [-0.2, 0) is 19.1 Å². The second-order valence-corrected chi connectivity index (χ2v) is 6.02. The smallest absolute Gasteiger partial charge is 0.312 e. The zero-order chi connectivity index (χ0) is 17.9. The molecule has 0 aliphatic heterocycles. The lowest BCUT2D eigenvalue weighted by Crippen LogP contribution is -2.33. The average Bonchev–Trinajstić information content (AvgIpc) is 2.75. The summed E-state index contributed by atoms with van der Waals surface area (Å²) in [4.78, 5) is 7.69. The fourth-order valence-electron chi connectivity index (χ4n) is 2.50. The zero-order valence-corrected chi connectivity index (χ0v) is 14.3. The molecule has 1 N–H and O–H groups in total. The Bertz CT molecular complexity index is 694. The highest BCUT2D eigenvalue weighted by Gasteiger charge is 2.33. The Hall–Kier alpha value is -1.96. The highest BCUT2D eigenvalue weighted by Crippen LogP contribution is 2.27. The topological polar surface area (TPSA) is 55.6 Å². The number of nitrogens with one attached hydrogen (secondary N) is 1. The Morgan fingerprint density at radius 1 is 1.12 bits per heavy atom. The van der Waals surface area contributed by atoms with Gasteiger partial charge < -0.3 is 5.32 Å². The van der Waals surface area contributed by atoms with Gasteiger partial charge in [-0.15, -0.1) is 0 Å². The van der Waals surface area contributed by atoms with Gasteiger partial charge in [0.1, 0.15) is 11.5 Å². The van der Waals surface area contributed by atoms with E-state index in [1.54, 1.807) is 6.92 Å². The number of aromatic nitrogens is 4. The molecule has 2 rings (SSSR count). The van der Waals surface area contributed by atoms with Crippen molar-refractivity contribution in [1.82, 2.24) is 25.1 Å². The number of hydrogen-bond acceptors (Lipinski definition) is 4. The molecule has 1 atom stereocenters. The van der Waals surface area contributed by atoms with Crippen LogP contribution in [0.3, 0.4) is 0 Å². The monoisotopic (exact) mass is 341 g/mol. The average molecular weight is 341 g/mol. The lowest BCUT2D eigenvalue weighted by Gasteiger charge is -2.15. The van der Waals surface area contributed by atoms with Gasteiger partial charge in [-0.3, -0.25) is 4.68 Å². The van der Waals surface area contributed by atoms with Crippen LogP contribution in [0.4, 0.5) is 13.2 Å². The van der Waals surface area contributed by atoms with Crippen LogP contribution in [0.25, 0.3) is 0 Å². The van der Waals surface area contributed by atoms with Crippen LogP contribution in [0.15, 0.2) is 12.1 Å². The molecule has 2 heterocycles. The summed E-state index contributed by atoms with van der Waals surface area (Å²) in [5.74, 6) is 0.202. The summed E-state index contributed by atoms with van der Waals surface area (Å²) < 4.78 is 40.2. The van der Waals surface area contributed by atoms with Crippen LogP contribution in [-0.4, -0.2) is 32.3 Å². The first-order valence-electron chi connectivity index (χ1n) is 7.81. The highest BCUT2D eigenvalue weighted by molar-refractivity contribution is 5.13. The minimum absolute atomic E-state index is 0.134. The van der Waals surface area contributed by atoms with Crippen molar-refractivity contribution < 1.29 is 13.2 Å². The molecule has 0 spiro atoms. The molecule has 2 aromatic rings. The van der Waals surface area contributed by atoms with Crippen molar-refractivity contribution in [2.45, 2.75) is 52.9 Å². The number of halogens is 3. The van der Waals surface area contributed by atoms with Gasteiger partial charge >= 0.3 is 6.18 Å². The number of alkyl halides is 3. The highest BCUT2D eigenvalue weighted by atomic mass is 19.4. The van der Waals surface area contributed by atoms with Gasteiger partial charge in [0.25, 0.3) is 0 Å². The maximum Gasteiger partial charge on any atom is 0.433 e. The third-order valence-electron chi connectivity index (χ3n) is 3.58. The Labute approximate surface area is 139 Å². The van der Waals surface area contributed by atoms with Crippen LogP contribution in [0, 0.1) is 20.8 Å². The normalized spacial score (nSPS) is 13.3. The van der Waals surface area contributed by atoms with E-state index < -0.39 is 11.9 Å². The van der Waals surface area contributed by atoms with Gasteiger partial charge in [0, 0.05) is 30.4 Å². The third kappa shape index (κ3) is 5.02. The number of nitrogens with zero attached hydrogens (tertiary/aromatic N) is 4. The number of hydrogen-bond donors (Lipinski definition) is 1. The second-order valence-electron chi connectivity index (χ2n) is 6.02. The van der Waals surface area contributed by atoms with Crippen LogP contribution in [0.1, 0.15) is 35.5 Å². The number of rotatable bonds is 6. The predicted octanol–water partition coefficient (Wildman–Crippen LogP) is 2.84.